The first-order valence-corrected chi connectivity index (χ1v) is 6.68. The number of aromatic nitrogens is 3. The fraction of sp³-hybridized carbons (Fsp3) is 0.267. The van der Waals surface area contributed by atoms with Crippen LogP contribution in [0.15, 0.2) is 41.1 Å². The molecular weight excluding hydrogens is 254 g/mol. The predicted octanol–water partition coefficient (Wildman–Crippen LogP) is 3.07. The summed E-state index contributed by atoms with van der Waals surface area (Å²) in [5.41, 5.74) is 0.952. The Balaban J connectivity index is 1.48. The number of rotatable bonds is 4. The maximum atomic E-state index is 5.65. The Morgan fingerprint density at radius 3 is 3.05 bits per heavy atom. The van der Waals surface area contributed by atoms with Gasteiger partial charge in [0.05, 0.1) is 11.7 Å². The molecule has 2 aromatic heterocycles. The molecule has 0 spiro atoms. The molecular formula is C15H13N3O2. The van der Waals surface area contributed by atoms with Gasteiger partial charge in [0, 0.05) is 11.3 Å². The third-order valence-electron chi connectivity index (χ3n) is 3.35. The first-order chi connectivity index (χ1) is 9.88. The summed E-state index contributed by atoms with van der Waals surface area (Å²) in [6.07, 6.45) is 4.03. The fourth-order valence-corrected chi connectivity index (χ4v) is 2.11. The summed E-state index contributed by atoms with van der Waals surface area (Å²) < 4.78 is 10.8. The largest absolute Gasteiger partial charge is 0.482 e. The Labute approximate surface area is 115 Å². The zero-order valence-corrected chi connectivity index (χ0v) is 10.8. The van der Waals surface area contributed by atoms with Crippen LogP contribution in [0.5, 0.6) is 5.75 Å². The van der Waals surface area contributed by atoms with Gasteiger partial charge in [0.25, 0.3) is 5.89 Å². The van der Waals surface area contributed by atoms with E-state index in [2.05, 4.69) is 15.1 Å². The van der Waals surface area contributed by atoms with Crippen LogP contribution in [0, 0.1) is 0 Å². The first-order valence-electron chi connectivity index (χ1n) is 6.68. The van der Waals surface area contributed by atoms with Crippen LogP contribution in [0.4, 0.5) is 0 Å². The van der Waals surface area contributed by atoms with Crippen LogP contribution in [0.25, 0.3) is 10.9 Å². The molecule has 4 rings (SSSR count). The number of ether oxygens (including phenoxy) is 1. The molecule has 0 unspecified atom stereocenters. The van der Waals surface area contributed by atoms with E-state index in [4.69, 9.17) is 9.26 Å². The summed E-state index contributed by atoms with van der Waals surface area (Å²) in [5.74, 6) is 2.52. The monoisotopic (exact) mass is 267 g/mol. The van der Waals surface area contributed by atoms with Crippen LogP contribution in [0.1, 0.15) is 30.5 Å². The van der Waals surface area contributed by atoms with Gasteiger partial charge in [-0.2, -0.15) is 4.98 Å². The fourth-order valence-electron chi connectivity index (χ4n) is 2.11. The highest BCUT2D eigenvalue weighted by molar-refractivity contribution is 5.79. The van der Waals surface area contributed by atoms with E-state index in [1.807, 2.05) is 30.3 Å². The lowest BCUT2D eigenvalue weighted by molar-refractivity contribution is 0.242. The second kappa shape index (κ2) is 4.59. The smallest absolute Gasteiger partial charge is 0.264 e. The van der Waals surface area contributed by atoms with Crippen molar-refractivity contribution in [3.63, 3.8) is 0 Å². The van der Waals surface area contributed by atoms with Gasteiger partial charge in [-0.15, -0.1) is 0 Å². The van der Waals surface area contributed by atoms with Crippen molar-refractivity contribution in [3.05, 3.63) is 48.2 Å². The molecule has 0 aliphatic heterocycles. The Kier molecular flexibility index (Phi) is 2.62. The minimum Gasteiger partial charge on any atom is -0.482 e. The van der Waals surface area contributed by atoms with Gasteiger partial charge in [0.1, 0.15) is 5.75 Å². The van der Waals surface area contributed by atoms with E-state index in [0.717, 1.165) is 29.6 Å². The molecule has 1 aliphatic rings. The Morgan fingerprint density at radius 1 is 1.25 bits per heavy atom. The Hall–Kier alpha value is -2.43. The second-order valence-electron chi connectivity index (χ2n) is 4.97. The summed E-state index contributed by atoms with van der Waals surface area (Å²) in [4.78, 5) is 8.67. The maximum absolute atomic E-state index is 5.65. The summed E-state index contributed by atoms with van der Waals surface area (Å²) in [7, 11) is 0. The highest BCUT2D eigenvalue weighted by Crippen LogP contribution is 2.38. The van der Waals surface area contributed by atoms with E-state index in [0.29, 0.717) is 17.6 Å². The SMILES string of the molecule is c1ccc2ncc(OCc3nc(C4CC4)no3)cc2c1. The van der Waals surface area contributed by atoms with Crippen molar-refractivity contribution in [1.29, 1.82) is 0 Å². The average Bonchev–Trinajstić information content (AvgIpc) is 3.24. The van der Waals surface area contributed by atoms with Crippen LogP contribution in [0.3, 0.4) is 0 Å². The molecule has 0 radical (unpaired) electrons. The van der Waals surface area contributed by atoms with E-state index < -0.39 is 0 Å². The van der Waals surface area contributed by atoms with Crippen molar-refractivity contribution in [2.45, 2.75) is 25.4 Å². The van der Waals surface area contributed by atoms with Crippen molar-refractivity contribution in [2.75, 3.05) is 0 Å². The lowest BCUT2D eigenvalue weighted by Crippen LogP contribution is -1.96. The van der Waals surface area contributed by atoms with Gasteiger partial charge >= 0.3 is 0 Å². The standard InChI is InChI=1S/C15H13N3O2/c1-2-4-13-11(3-1)7-12(8-16-13)19-9-14-17-15(18-20-14)10-5-6-10/h1-4,7-8,10H,5-6,9H2. The van der Waals surface area contributed by atoms with Crippen molar-refractivity contribution >= 4 is 10.9 Å². The van der Waals surface area contributed by atoms with Gasteiger partial charge in [-0.1, -0.05) is 23.4 Å². The van der Waals surface area contributed by atoms with Crippen molar-refractivity contribution in [3.8, 4) is 5.75 Å². The summed E-state index contributed by atoms with van der Waals surface area (Å²) in [6.45, 7) is 0.278. The Bertz CT molecular complexity index is 749. The van der Waals surface area contributed by atoms with Gasteiger partial charge in [0.15, 0.2) is 12.4 Å². The van der Waals surface area contributed by atoms with Crippen LogP contribution in [0.2, 0.25) is 0 Å². The van der Waals surface area contributed by atoms with Gasteiger partial charge < -0.3 is 9.26 Å². The molecule has 1 fully saturated rings. The van der Waals surface area contributed by atoms with E-state index in [-0.39, 0.29) is 6.61 Å². The van der Waals surface area contributed by atoms with Crippen LogP contribution >= 0.6 is 0 Å². The summed E-state index contributed by atoms with van der Waals surface area (Å²) in [5, 5.41) is 5.01. The van der Waals surface area contributed by atoms with Gasteiger partial charge in [-0.05, 0) is 25.0 Å². The number of pyridine rings is 1. The minimum absolute atomic E-state index is 0.278. The van der Waals surface area contributed by atoms with Crippen molar-refractivity contribution < 1.29 is 9.26 Å². The molecule has 3 aromatic rings. The molecule has 5 nitrogen and oxygen atoms in total. The number of nitrogens with zero attached hydrogens (tertiary/aromatic N) is 3. The maximum Gasteiger partial charge on any atom is 0.264 e. The molecule has 5 heteroatoms. The van der Waals surface area contributed by atoms with E-state index in [1.54, 1.807) is 6.20 Å². The van der Waals surface area contributed by atoms with Crippen molar-refractivity contribution in [1.82, 2.24) is 15.1 Å². The van der Waals surface area contributed by atoms with Gasteiger partial charge in [-0.25, -0.2) is 0 Å². The molecule has 100 valence electrons. The third-order valence-corrected chi connectivity index (χ3v) is 3.35. The zero-order chi connectivity index (χ0) is 13.4. The van der Waals surface area contributed by atoms with Crippen LogP contribution in [-0.4, -0.2) is 15.1 Å². The Morgan fingerprint density at radius 2 is 2.15 bits per heavy atom. The molecule has 1 saturated carbocycles. The molecule has 1 aromatic carbocycles. The minimum atomic E-state index is 0.278. The second-order valence-corrected chi connectivity index (χ2v) is 4.97. The van der Waals surface area contributed by atoms with E-state index >= 15 is 0 Å². The number of hydrogen-bond donors (Lipinski definition) is 0. The first kappa shape index (κ1) is 11.4. The lowest BCUT2D eigenvalue weighted by Gasteiger charge is -2.03. The van der Waals surface area contributed by atoms with E-state index in [9.17, 15) is 0 Å². The highest BCUT2D eigenvalue weighted by Gasteiger charge is 2.28. The van der Waals surface area contributed by atoms with Gasteiger partial charge in [-0.3, -0.25) is 4.98 Å². The summed E-state index contributed by atoms with van der Waals surface area (Å²) in [6, 6.07) is 9.88. The third kappa shape index (κ3) is 2.22. The molecule has 0 amide bonds. The quantitative estimate of drug-likeness (QED) is 0.727. The number of benzene rings is 1. The number of hydrogen-bond acceptors (Lipinski definition) is 5. The van der Waals surface area contributed by atoms with Gasteiger partial charge in [0.2, 0.25) is 0 Å². The number of fused-ring (bicyclic) bond motifs is 1. The molecule has 20 heavy (non-hydrogen) atoms. The average molecular weight is 267 g/mol. The normalized spacial score (nSPS) is 14.6. The van der Waals surface area contributed by atoms with E-state index in [1.165, 1.54) is 0 Å². The van der Waals surface area contributed by atoms with Crippen LogP contribution < -0.4 is 4.74 Å². The zero-order valence-electron chi connectivity index (χ0n) is 10.8. The topological polar surface area (TPSA) is 61.0 Å². The molecule has 0 bridgehead atoms. The molecule has 0 atom stereocenters. The predicted molar refractivity (Wildman–Crippen MR) is 72.3 cm³/mol. The molecule has 1 aliphatic carbocycles. The molecule has 0 N–H and O–H groups in total. The van der Waals surface area contributed by atoms with Crippen molar-refractivity contribution in [2.24, 2.45) is 0 Å². The molecule has 0 saturated heterocycles. The number of para-hydroxylation sites is 1. The highest BCUT2D eigenvalue weighted by atomic mass is 16.5. The lowest BCUT2D eigenvalue weighted by atomic mass is 10.2. The van der Waals surface area contributed by atoms with Crippen LogP contribution in [-0.2, 0) is 6.61 Å². The molecule has 2 heterocycles. The summed E-state index contributed by atoms with van der Waals surface area (Å²) >= 11 is 0.